The van der Waals surface area contributed by atoms with Gasteiger partial charge in [-0.1, -0.05) is 6.92 Å². The molecule has 0 aromatic carbocycles. The van der Waals surface area contributed by atoms with Crippen LogP contribution in [-0.2, 0) is 4.74 Å². The van der Waals surface area contributed by atoms with Crippen molar-refractivity contribution in [3.8, 4) is 0 Å². The smallest absolute Gasteiger partial charge is 0.0702 e. The lowest BCUT2D eigenvalue weighted by Gasteiger charge is -2.34. The Bertz CT molecular complexity index is 192. The Hall–Kier alpha value is -0.120. The zero-order chi connectivity index (χ0) is 11.2. The van der Waals surface area contributed by atoms with Crippen molar-refractivity contribution in [1.82, 2.24) is 10.2 Å². The minimum Gasteiger partial charge on any atom is -0.377 e. The molecule has 3 heteroatoms. The van der Waals surface area contributed by atoms with Crippen LogP contribution in [0.25, 0.3) is 0 Å². The number of piperidine rings is 1. The van der Waals surface area contributed by atoms with Crippen LogP contribution in [0.3, 0.4) is 0 Å². The number of hydrogen-bond donors (Lipinski definition) is 1. The van der Waals surface area contributed by atoms with E-state index in [0.717, 1.165) is 25.6 Å². The lowest BCUT2D eigenvalue weighted by atomic mass is 10.1. The fourth-order valence-electron chi connectivity index (χ4n) is 2.82. The maximum atomic E-state index is 5.86. The highest BCUT2D eigenvalue weighted by atomic mass is 16.5. The highest BCUT2D eigenvalue weighted by Gasteiger charge is 2.23. The van der Waals surface area contributed by atoms with E-state index in [1.165, 1.54) is 45.3 Å². The van der Waals surface area contributed by atoms with Gasteiger partial charge >= 0.3 is 0 Å². The highest BCUT2D eigenvalue weighted by molar-refractivity contribution is 4.81. The number of rotatable bonds is 5. The van der Waals surface area contributed by atoms with Crippen LogP contribution in [0, 0.1) is 0 Å². The van der Waals surface area contributed by atoms with Gasteiger partial charge in [0.05, 0.1) is 6.10 Å². The Kier molecular flexibility index (Phi) is 5.07. The van der Waals surface area contributed by atoms with Crippen LogP contribution in [0.5, 0.6) is 0 Å². The molecule has 0 saturated carbocycles. The second kappa shape index (κ2) is 6.58. The summed E-state index contributed by atoms with van der Waals surface area (Å²) in [5.74, 6) is 0. The van der Waals surface area contributed by atoms with E-state index in [4.69, 9.17) is 4.74 Å². The molecule has 0 aromatic heterocycles. The number of nitrogens with one attached hydrogen (secondary N) is 1. The average molecular weight is 226 g/mol. The molecule has 2 atom stereocenters. The summed E-state index contributed by atoms with van der Waals surface area (Å²) in [5, 5.41) is 3.58. The van der Waals surface area contributed by atoms with Crippen LogP contribution in [-0.4, -0.2) is 49.8 Å². The van der Waals surface area contributed by atoms with E-state index in [1.807, 2.05) is 0 Å². The summed E-state index contributed by atoms with van der Waals surface area (Å²) in [6.45, 7) is 7.98. The van der Waals surface area contributed by atoms with Gasteiger partial charge in [-0.2, -0.15) is 0 Å². The maximum absolute atomic E-state index is 5.86. The van der Waals surface area contributed by atoms with E-state index in [9.17, 15) is 0 Å². The molecule has 2 saturated heterocycles. The van der Waals surface area contributed by atoms with Gasteiger partial charge in [0.25, 0.3) is 0 Å². The van der Waals surface area contributed by atoms with E-state index >= 15 is 0 Å². The Morgan fingerprint density at radius 2 is 2.25 bits per heavy atom. The van der Waals surface area contributed by atoms with Crippen molar-refractivity contribution in [2.24, 2.45) is 0 Å². The van der Waals surface area contributed by atoms with Gasteiger partial charge in [-0.25, -0.2) is 0 Å². The summed E-state index contributed by atoms with van der Waals surface area (Å²) in [5.41, 5.74) is 0. The zero-order valence-corrected chi connectivity index (χ0v) is 10.6. The molecule has 0 spiro atoms. The molecule has 0 radical (unpaired) electrons. The normalized spacial score (nSPS) is 32.1. The summed E-state index contributed by atoms with van der Waals surface area (Å²) in [6.07, 6.45) is 6.91. The van der Waals surface area contributed by atoms with E-state index in [2.05, 4.69) is 17.1 Å². The molecule has 2 heterocycles. The predicted molar refractivity (Wildman–Crippen MR) is 66.7 cm³/mol. The average Bonchev–Trinajstić information content (AvgIpc) is 2.80. The van der Waals surface area contributed by atoms with Gasteiger partial charge < -0.3 is 10.1 Å². The van der Waals surface area contributed by atoms with Gasteiger partial charge in [0.1, 0.15) is 0 Å². The van der Waals surface area contributed by atoms with Gasteiger partial charge in [-0.15, -0.1) is 0 Å². The number of likely N-dealkylation sites (tertiary alicyclic amines) is 1. The van der Waals surface area contributed by atoms with Crippen LogP contribution >= 0.6 is 0 Å². The Morgan fingerprint density at radius 1 is 1.31 bits per heavy atom. The van der Waals surface area contributed by atoms with Crippen LogP contribution in [0.15, 0.2) is 0 Å². The molecule has 0 aromatic rings. The molecule has 2 aliphatic heterocycles. The number of ether oxygens (including phenoxy) is 1. The van der Waals surface area contributed by atoms with Crippen molar-refractivity contribution in [1.29, 1.82) is 0 Å². The van der Waals surface area contributed by atoms with Crippen molar-refractivity contribution in [2.45, 2.75) is 51.2 Å². The Labute approximate surface area is 99.5 Å². The number of hydrogen-bond acceptors (Lipinski definition) is 3. The van der Waals surface area contributed by atoms with Crippen molar-refractivity contribution < 1.29 is 4.74 Å². The molecule has 0 amide bonds. The summed E-state index contributed by atoms with van der Waals surface area (Å²) in [6, 6.07) is 0.741. The van der Waals surface area contributed by atoms with Crippen molar-refractivity contribution in [2.75, 3.05) is 32.8 Å². The summed E-state index contributed by atoms with van der Waals surface area (Å²) in [7, 11) is 0. The van der Waals surface area contributed by atoms with Gasteiger partial charge in [0.2, 0.25) is 0 Å². The third kappa shape index (κ3) is 3.72. The van der Waals surface area contributed by atoms with Crippen LogP contribution in [0.2, 0.25) is 0 Å². The minimum absolute atomic E-state index is 0.495. The molecule has 0 aliphatic carbocycles. The number of nitrogens with zero attached hydrogens (tertiary/aromatic N) is 1. The molecule has 2 rings (SSSR count). The first-order chi connectivity index (χ1) is 7.88. The zero-order valence-electron chi connectivity index (χ0n) is 10.6. The molecule has 1 unspecified atom stereocenters. The first-order valence-electron chi connectivity index (χ1n) is 6.96. The van der Waals surface area contributed by atoms with Crippen molar-refractivity contribution in [3.63, 3.8) is 0 Å². The standard InChI is InChI=1S/C13H26N2O/c1-2-9-16-13-6-4-8-15(11-13)10-12-5-3-7-14-12/h12-14H,2-11H2,1H3/t12-,13?/m1/s1. The highest BCUT2D eigenvalue weighted by Crippen LogP contribution is 2.15. The summed E-state index contributed by atoms with van der Waals surface area (Å²) >= 11 is 0. The van der Waals surface area contributed by atoms with Crippen LogP contribution in [0.4, 0.5) is 0 Å². The Balaban J connectivity index is 1.68. The van der Waals surface area contributed by atoms with Crippen LogP contribution < -0.4 is 5.32 Å². The van der Waals surface area contributed by atoms with Gasteiger partial charge in [0, 0.05) is 25.7 Å². The lowest BCUT2D eigenvalue weighted by molar-refractivity contribution is -0.00177. The first-order valence-corrected chi connectivity index (χ1v) is 6.96. The molecule has 2 aliphatic rings. The molecule has 2 fully saturated rings. The molecule has 3 nitrogen and oxygen atoms in total. The van der Waals surface area contributed by atoms with Gasteiger partial charge in [-0.05, 0) is 45.2 Å². The molecule has 0 bridgehead atoms. The van der Waals surface area contributed by atoms with Crippen LogP contribution in [0.1, 0.15) is 39.0 Å². The maximum Gasteiger partial charge on any atom is 0.0702 e. The van der Waals surface area contributed by atoms with Crippen molar-refractivity contribution in [3.05, 3.63) is 0 Å². The summed E-state index contributed by atoms with van der Waals surface area (Å²) in [4.78, 5) is 2.59. The largest absolute Gasteiger partial charge is 0.377 e. The molecule has 94 valence electrons. The second-order valence-corrected chi connectivity index (χ2v) is 5.19. The van der Waals surface area contributed by atoms with E-state index in [1.54, 1.807) is 0 Å². The SMILES string of the molecule is CCCOC1CCCN(C[C@H]2CCCN2)C1. The van der Waals surface area contributed by atoms with E-state index < -0.39 is 0 Å². The molecule has 16 heavy (non-hydrogen) atoms. The van der Waals surface area contributed by atoms with Gasteiger partial charge in [0.15, 0.2) is 0 Å². The second-order valence-electron chi connectivity index (χ2n) is 5.19. The quantitative estimate of drug-likeness (QED) is 0.771. The topological polar surface area (TPSA) is 24.5 Å². The van der Waals surface area contributed by atoms with Crippen molar-refractivity contribution >= 4 is 0 Å². The first kappa shape index (κ1) is 12.3. The molecular weight excluding hydrogens is 200 g/mol. The summed E-state index contributed by atoms with van der Waals surface area (Å²) < 4.78 is 5.86. The fraction of sp³-hybridized carbons (Fsp3) is 1.00. The fourth-order valence-corrected chi connectivity index (χ4v) is 2.82. The minimum atomic E-state index is 0.495. The monoisotopic (exact) mass is 226 g/mol. The molecule has 1 N–H and O–H groups in total. The van der Waals surface area contributed by atoms with E-state index in [-0.39, 0.29) is 0 Å². The predicted octanol–water partition coefficient (Wildman–Crippen LogP) is 1.63. The third-order valence-corrected chi connectivity index (χ3v) is 3.66. The lowest BCUT2D eigenvalue weighted by Crippen LogP contribution is -2.45. The van der Waals surface area contributed by atoms with E-state index in [0.29, 0.717) is 6.10 Å². The molecular formula is C13H26N2O. The third-order valence-electron chi connectivity index (χ3n) is 3.66. The van der Waals surface area contributed by atoms with Gasteiger partial charge in [-0.3, -0.25) is 4.90 Å². The Morgan fingerprint density at radius 3 is 3.00 bits per heavy atom.